The van der Waals surface area contributed by atoms with Gasteiger partial charge in [-0.15, -0.1) is 0 Å². The second-order valence-electron chi connectivity index (χ2n) is 5.09. The lowest BCUT2D eigenvalue weighted by Gasteiger charge is -2.19. The Balaban J connectivity index is 1.91. The molecule has 0 amide bonds. The van der Waals surface area contributed by atoms with Crippen LogP contribution in [0.2, 0.25) is 0 Å². The third-order valence-corrected chi connectivity index (χ3v) is 2.80. The molecule has 15 heavy (non-hydrogen) atoms. The quantitative estimate of drug-likeness (QED) is 0.645. The van der Waals surface area contributed by atoms with E-state index < -0.39 is 0 Å². The smallest absolute Gasteiger partial charge is 0.0507 e. The predicted molar refractivity (Wildman–Crippen MR) is 64.1 cm³/mol. The first-order chi connectivity index (χ1) is 7.18. The summed E-state index contributed by atoms with van der Waals surface area (Å²) in [5.41, 5.74) is 0. The molecule has 0 saturated carbocycles. The highest BCUT2D eigenvalue weighted by molar-refractivity contribution is 4.67. The van der Waals surface area contributed by atoms with E-state index in [1.54, 1.807) is 0 Å². The first kappa shape index (κ1) is 12.9. The van der Waals surface area contributed by atoms with Crippen molar-refractivity contribution in [3.05, 3.63) is 0 Å². The van der Waals surface area contributed by atoms with Gasteiger partial charge in [0.1, 0.15) is 0 Å². The Morgan fingerprint density at radius 3 is 2.87 bits per heavy atom. The second kappa shape index (κ2) is 7.20. The molecule has 1 rings (SSSR count). The Morgan fingerprint density at radius 1 is 1.47 bits per heavy atom. The number of hydrogen-bond acceptors (Lipinski definition) is 3. The van der Waals surface area contributed by atoms with Crippen LogP contribution in [0.1, 0.15) is 20.3 Å². The summed E-state index contributed by atoms with van der Waals surface area (Å²) in [4.78, 5) is 2.39. The summed E-state index contributed by atoms with van der Waals surface area (Å²) in [5, 5.41) is 3.51. The minimum absolute atomic E-state index is 0.750. The molecule has 3 nitrogen and oxygen atoms in total. The van der Waals surface area contributed by atoms with E-state index in [0.29, 0.717) is 0 Å². The summed E-state index contributed by atoms with van der Waals surface area (Å²) >= 11 is 0. The fourth-order valence-electron chi connectivity index (χ4n) is 2.04. The van der Waals surface area contributed by atoms with E-state index in [2.05, 4.69) is 31.1 Å². The Labute approximate surface area is 94.2 Å². The zero-order valence-corrected chi connectivity index (χ0v) is 10.5. The second-order valence-corrected chi connectivity index (χ2v) is 5.09. The van der Waals surface area contributed by atoms with E-state index in [4.69, 9.17) is 4.74 Å². The number of ether oxygens (including phenoxy) is 1. The lowest BCUT2D eigenvalue weighted by molar-refractivity contribution is 0.185. The topological polar surface area (TPSA) is 24.5 Å². The van der Waals surface area contributed by atoms with Gasteiger partial charge in [-0.1, -0.05) is 13.8 Å². The van der Waals surface area contributed by atoms with Gasteiger partial charge in [0.25, 0.3) is 0 Å². The first-order valence-corrected chi connectivity index (χ1v) is 6.15. The number of rotatable bonds is 7. The highest BCUT2D eigenvalue weighted by atomic mass is 16.5. The molecule has 0 aromatic rings. The van der Waals surface area contributed by atoms with Gasteiger partial charge in [-0.3, -0.25) is 0 Å². The van der Waals surface area contributed by atoms with Crippen LogP contribution in [-0.4, -0.2) is 51.3 Å². The van der Waals surface area contributed by atoms with E-state index in [0.717, 1.165) is 44.7 Å². The van der Waals surface area contributed by atoms with Gasteiger partial charge in [0, 0.05) is 32.8 Å². The lowest BCUT2D eigenvalue weighted by Crippen LogP contribution is -2.33. The van der Waals surface area contributed by atoms with Crippen LogP contribution in [0.5, 0.6) is 0 Å². The van der Waals surface area contributed by atoms with Crippen molar-refractivity contribution in [2.24, 2.45) is 11.8 Å². The van der Waals surface area contributed by atoms with E-state index >= 15 is 0 Å². The molecule has 1 heterocycles. The van der Waals surface area contributed by atoms with Crippen molar-refractivity contribution >= 4 is 0 Å². The monoisotopic (exact) mass is 214 g/mol. The molecule has 0 aromatic heterocycles. The van der Waals surface area contributed by atoms with E-state index in [1.807, 2.05) is 0 Å². The SMILES string of the molecule is CC(C)CN(C)CCNCC1CCOC1. The maximum absolute atomic E-state index is 5.34. The summed E-state index contributed by atoms with van der Waals surface area (Å²) < 4.78 is 5.34. The molecule has 0 spiro atoms. The van der Waals surface area contributed by atoms with E-state index in [1.165, 1.54) is 13.0 Å². The Bertz CT molecular complexity index is 156. The molecule has 1 aliphatic rings. The lowest BCUT2D eigenvalue weighted by atomic mass is 10.1. The number of likely N-dealkylation sites (N-methyl/N-ethyl adjacent to an activating group) is 1. The third kappa shape index (κ3) is 6.13. The maximum atomic E-state index is 5.34. The van der Waals surface area contributed by atoms with Gasteiger partial charge in [-0.2, -0.15) is 0 Å². The summed E-state index contributed by atoms with van der Waals surface area (Å²) in [6, 6.07) is 0. The van der Waals surface area contributed by atoms with Crippen LogP contribution in [0.15, 0.2) is 0 Å². The molecule has 1 saturated heterocycles. The summed E-state index contributed by atoms with van der Waals surface area (Å²) in [5.74, 6) is 1.51. The minimum Gasteiger partial charge on any atom is -0.381 e. The Hall–Kier alpha value is -0.120. The summed E-state index contributed by atoms with van der Waals surface area (Å²) in [7, 11) is 2.19. The largest absolute Gasteiger partial charge is 0.381 e. The van der Waals surface area contributed by atoms with Gasteiger partial charge in [0.05, 0.1) is 6.61 Å². The third-order valence-electron chi connectivity index (χ3n) is 2.80. The highest BCUT2D eigenvalue weighted by Gasteiger charge is 2.14. The average Bonchev–Trinajstić information content (AvgIpc) is 2.63. The van der Waals surface area contributed by atoms with Crippen molar-refractivity contribution < 1.29 is 4.74 Å². The van der Waals surface area contributed by atoms with Crippen molar-refractivity contribution in [2.45, 2.75) is 20.3 Å². The van der Waals surface area contributed by atoms with Gasteiger partial charge in [-0.05, 0) is 25.3 Å². The van der Waals surface area contributed by atoms with Gasteiger partial charge in [0.15, 0.2) is 0 Å². The van der Waals surface area contributed by atoms with Crippen molar-refractivity contribution in [1.29, 1.82) is 0 Å². The molecule has 1 unspecified atom stereocenters. The number of nitrogens with zero attached hydrogens (tertiary/aromatic N) is 1. The van der Waals surface area contributed by atoms with Crippen molar-refractivity contribution in [2.75, 3.05) is 46.4 Å². The standard InChI is InChI=1S/C12H26N2O/c1-11(2)9-14(3)6-5-13-8-12-4-7-15-10-12/h11-13H,4-10H2,1-3H3. The Kier molecular flexibility index (Phi) is 6.22. The molecule has 1 N–H and O–H groups in total. The van der Waals surface area contributed by atoms with Gasteiger partial charge in [-0.25, -0.2) is 0 Å². The zero-order chi connectivity index (χ0) is 11.1. The fourth-order valence-corrected chi connectivity index (χ4v) is 2.04. The molecule has 0 radical (unpaired) electrons. The molecule has 90 valence electrons. The molecule has 1 aliphatic heterocycles. The van der Waals surface area contributed by atoms with Crippen LogP contribution in [0, 0.1) is 11.8 Å². The van der Waals surface area contributed by atoms with Crippen LogP contribution in [-0.2, 0) is 4.74 Å². The van der Waals surface area contributed by atoms with Crippen LogP contribution in [0.4, 0.5) is 0 Å². The zero-order valence-electron chi connectivity index (χ0n) is 10.5. The predicted octanol–water partition coefficient (Wildman–Crippen LogP) is 1.20. The summed E-state index contributed by atoms with van der Waals surface area (Å²) in [6.07, 6.45) is 1.23. The van der Waals surface area contributed by atoms with Crippen molar-refractivity contribution in [3.63, 3.8) is 0 Å². The summed E-state index contributed by atoms with van der Waals surface area (Å²) in [6.45, 7) is 11.0. The Morgan fingerprint density at radius 2 is 2.27 bits per heavy atom. The highest BCUT2D eigenvalue weighted by Crippen LogP contribution is 2.10. The van der Waals surface area contributed by atoms with Crippen LogP contribution < -0.4 is 5.32 Å². The van der Waals surface area contributed by atoms with E-state index in [9.17, 15) is 0 Å². The molecular weight excluding hydrogens is 188 g/mol. The molecule has 0 bridgehead atoms. The molecule has 0 aliphatic carbocycles. The minimum atomic E-state index is 0.750. The van der Waals surface area contributed by atoms with Gasteiger partial charge >= 0.3 is 0 Å². The molecular formula is C12H26N2O. The van der Waals surface area contributed by atoms with Crippen LogP contribution >= 0.6 is 0 Å². The average molecular weight is 214 g/mol. The van der Waals surface area contributed by atoms with Crippen LogP contribution in [0.3, 0.4) is 0 Å². The van der Waals surface area contributed by atoms with Gasteiger partial charge < -0.3 is 15.0 Å². The molecule has 1 atom stereocenters. The van der Waals surface area contributed by atoms with Gasteiger partial charge in [0.2, 0.25) is 0 Å². The van der Waals surface area contributed by atoms with Crippen molar-refractivity contribution in [1.82, 2.24) is 10.2 Å². The van der Waals surface area contributed by atoms with E-state index in [-0.39, 0.29) is 0 Å². The van der Waals surface area contributed by atoms with Crippen molar-refractivity contribution in [3.8, 4) is 0 Å². The molecule has 1 fully saturated rings. The molecule has 0 aromatic carbocycles. The normalized spacial score (nSPS) is 21.8. The number of nitrogens with one attached hydrogen (secondary N) is 1. The fraction of sp³-hybridized carbons (Fsp3) is 1.00. The number of hydrogen-bond donors (Lipinski definition) is 1. The maximum Gasteiger partial charge on any atom is 0.0507 e. The van der Waals surface area contributed by atoms with Crippen LogP contribution in [0.25, 0.3) is 0 Å². The molecule has 3 heteroatoms. The first-order valence-electron chi connectivity index (χ1n) is 6.15.